The van der Waals surface area contributed by atoms with E-state index < -0.39 is 6.10 Å². The SMILES string of the molecule is O=c1c2cnn(-c3ccc(F)cc3)c2ncn1C[C@@H](O)CO[C@H]1CCCc2ccccc21. The Kier molecular flexibility index (Phi) is 5.55. The van der Waals surface area contributed by atoms with Gasteiger partial charge in [-0.2, -0.15) is 5.10 Å². The van der Waals surface area contributed by atoms with E-state index in [1.807, 2.05) is 12.1 Å². The van der Waals surface area contributed by atoms with Crippen molar-refractivity contribution in [1.82, 2.24) is 19.3 Å². The second-order valence-corrected chi connectivity index (χ2v) is 8.04. The lowest BCUT2D eigenvalue weighted by molar-refractivity contribution is -0.0228. The van der Waals surface area contributed by atoms with Gasteiger partial charge in [0.05, 0.1) is 37.2 Å². The molecule has 0 fully saturated rings. The van der Waals surface area contributed by atoms with Crippen LogP contribution in [0.3, 0.4) is 0 Å². The summed E-state index contributed by atoms with van der Waals surface area (Å²) in [5.74, 6) is -0.353. The van der Waals surface area contributed by atoms with Gasteiger partial charge in [-0.15, -0.1) is 0 Å². The van der Waals surface area contributed by atoms with E-state index >= 15 is 0 Å². The van der Waals surface area contributed by atoms with E-state index in [0.29, 0.717) is 16.7 Å². The molecule has 1 N–H and O–H groups in total. The number of aryl methyl sites for hydroxylation is 1. The molecular formula is C24H23FN4O3. The standard InChI is InChI=1S/C24H23FN4O3/c25-17-8-10-18(11-9-17)29-23-21(12-27-29)24(31)28(15-26-23)13-19(30)14-32-22-7-3-5-16-4-1-2-6-20(16)22/h1-2,4,6,8-12,15,19,22,30H,3,5,7,13-14H2/t19-,22+/m1/s1. The highest BCUT2D eigenvalue weighted by Gasteiger charge is 2.22. The molecule has 0 spiro atoms. The van der Waals surface area contributed by atoms with Crippen LogP contribution in [-0.2, 0) is 17.7 Å². The zero-order chi connectivity index (χ0) is 22.1. The number of benzene rings is 2. The van der Waals surface area contributed by atoms with Gasteiger partial charge in [-0.1, -0.05) is 24.3 Å². The van der Waals surface area contributed by atoms with Crippen LogP contribution in [-0.4, -0.2) is 37.1 Å². The zero-order valence-corrected chi connectivity index (χ0v) is 17.4. The molecule has 2 heterocycles. The minimum Gasteiger partial charge on any atom is -0.389 e. The molecule has 0 saturated carbocycles. The Hall–Kier alpha value is -3.36. The predicted molar refractivity (Wildman–Crippen MR) is 117 cm³/mol. The average Bonchev–Trinajstić information content (AvgIpc) is 3.25. The largest absolute Gasteiger partial charge is 0.389 e. The van der Waals surface area contributed by atoms with Gasteiger partial charge in [-0.05, 0) is 54.7 Å². The predicted octanol–water partition coefficient (Wildman–Crippen LogP) is 3.18. The van der Waals surface area contributed by atoms with Gasteiger partial charge in [0.1, 0.15) is 17.5 Å². The molecule has 0 unspecified atom stereocenters. The van der Waals surface area contributed by atoms with E-state index in [0.717, 1.165) is 19.3 Å². The minimum atomic E-state index is -0.854. The first-order valence-corrected chi connectivity index (χ1v) is 10.7. The maximum absolute atomic E-state index is 13.2. The summed E-state index contributed by atoms with van der Waals surface area (Å²) in [5.41, 5.74) is 3.15. The van der Waals surface area contributed by atoms with E-state index in [2.05, 4.69) is 22.2 Å². The molecule has 8 heteroatoms. The van der Waals surface area contributed by atoms with Crippen LogP contribution in [0.4, 0.5) is 4.39 Å². The number of halogens is 1. The van der Waals surface area contributed by atoms with Crippen molar-refractivity contribution >= 4 is 11.0 Å². The Labute approximate surface area is 183 Å². The summed E-state index contributed by atoms with van der Waals surface area (Å²) in [5, 5.41) is 15.1. The molecule has 4 aromatic rings. The summed E-state index contributed by atoms with van der Waals surface area (Å²) in [6.45, 7) is 0.191. The minimum absolute atomic E-state index is 0.0409. The second-order valence-electron chi connectivity index (χ2n) is 8.04. The molecule has 0 saturated heterocycles. The number of aliphatic hydroxyl groups is 1. The molecule has 2 atom stereocenters. The first-order valence-electron chi connectivity index (χ1n) is 10.7. The Bertz CT molecular complexity index is 1300. The van der Waals surface area contributed by atoms with Crippen LogP contribution < -0.4 is 5.56 Å². The van der Waals surface area contributed by atoms with Crippen molar-refractivity contribution in [3.05, 3.63) is 88.4 Å². The van der Waals surface area contributed by atoms with Crippen molar-refractivity contribution < 1.29 is 14.2 Å². The summed E-state index contributed by atoms with van der Waals surface area (Å²) in [4.78, 5) is 17.2. The van der Waals surface area contributed by atoms with Crippen LogP contribution >= 0.6 is 0 Å². The summed E-state index contributed by atoms with van der Waals surface area (Å²) in [7, 11) is 0. The number of hydrogen-bond donors (Lipinski definition) is 1. The van der Waals surface area contributed by atoms with Gasteiger partial charge < -0.3 is 9.84 Å². The molecule has 1 aliphatic carbocycles. The molecule has 2 aromatic heterocycles. The van der Waals surface area contributed by atoms with E-state index in [9.17, 15) is 14.3 Å². The maximum atomic E-state index is 13.2. The van der Waals surface area contributed by atoms with Gasteiger partial charge in [0.15, 0.2) is 5.65 Å². The van der Waals surface area contributed by atoms with E-state index in [-0.39, 0.29) is 30.6 Å². The van der Waals surface area contributed by atoms with Crippen molar-refractivity contribution in [1.29, 1.82) is 0 Å². The first kappa shape index (κ1) is 20.5. The zero-order valence-electron chi connectivity index (χ0n) is 17.4. The summed E-state index contributed by atoms with van der Waals surface area (Å²) in [6.07, 6.45) is 4.95. The van der Waals surface area contributed by atoms with Crippen molar-refractivity contribution in [2.24, 2.45) is 0 Å². The number of nitrogens with zero attached hydrogens (tertiary/aromatic N) is 4. The third-order valence-corrected chi connectivity index (χ3v) is 5.84. The number of ether oxygens (including phenoxy) is 1. The Balaban J connectivity index is 1.30. The van der Waals surface area contributed by atoms with Gasteiger partial charge in [-0.3, -0.25) is 9.36 Å². The molecule has 32 heavy (non-hydrogen) atoms. The number of rotatable bonds is 6. The highest BCUT2D eigenvalue weighted by Crippen LogP contribution is 2.32. The van der Waals surface area contributed by atoms with Gasteiger partial charge in [0.2, 0.25) is 0 Å². The lowest BCUT2D eigenvalue weighted by atomic mass is 9.89. The van der Waals surface area contributed by atoms with Crippen LogP contribution in [0.1, 0.15) is 30.1 Å². The van der Waals surface area contributed by atoms with E-state index in [4.69, 9.17) is 4.74 Å². The topological polar surface area (TPSA) is 82.2 Å². The molecule has 2 aromatic carbocycles. The van der Waals surface area contributed by atoms with E-state index in [1.165, 1.54) is 45.0 Å². The Morgan fingerprint density at radius 2 is 2.00 bits per heavy atom. The number of fused-ring (bicyclic) bond motifs is 2. The van der Waals surface area contributed by atoms with Crippen molar-refractivity contribution in [2.75, 3.05) is 6.61 Å². The molecule has 0 bridgehead atoms. The summed E-state index contributed by atoms with van der Waals surface area (Å²) < 4.78 is 22.1. The van der Waals surface area contributed by atoms with E-state index in [1.54, 1.807) is 12.1 Å². The molecule has 0 amide bonds. The number of aliphatic hydroxyl groups excluding tert-OH is 1. The second kappa shape index (κ2) is 8.64. The lowest BCUT2D eigenvalue weighted by Crippen LogP contribution is -2.30. The average molecular weight is 434 g/mol. The van der Waals surface area contributed by atoms with Crippen LogP contribution in [0.5, 0.6) is 0 Å². The first-order chi connectivity index (χ1) is 15.6. The van der Waals surface area contributed by atoms with Crippen LogP contribution in [0.2, 0.25) is 0 Å². The molecule has 7 nitrogen and oxygen atoms in total. The number of aromatic nitrogens is 4. The highest BCUT2D eigenvalue weighted by molar-refractivity contribution is 5.74. The third-order valence-electron chi connectivity index (χ3n) is 5.84. The number of hydrogen-bond acceptors (Lipinski definition) is 5. The fraction of sp³-hybridized carbons (Fsp3) is 0.292. The van der Waals surface area contributed by atoms with Gasteiger partial charge in [0.25, 0.3) is 5.56 Å². The molecule has 164 valence electrons. The van der Waals surface area contributed by atoms with Gasteiger partial charge >= 0.3 is 0 Å². The fourth-order valence-electron chi connectivity index (χ4n) is 4.24. The molecule has 0 aliphatic heterocycles. The van der Waals surface area contributed by atoms with Crippen LogP contribution in [0.25, 0.3) is 16.7 Å². The quantitative estimate of drug-likeness (QED) is 0.504. The molecule has 5 rings (SSSR count). The van der Waals surface area contributed by atoms with Crippen LogP contribution in [0.15, 0.2) is 65.8 Å². The Morgan fingerprint density at radius 3 is 2.84 bits per heavy atom. The van der Waals surface area contributed by atoms with Crippen LogP contribution in [0, 0.1) is 5.82 Å². The molecule has 0 radical (unpaired) electrons. The van der Waals surface area contributed by atoms with Gasteiger partial charge in [-0.25, -0.2) is 14.1 Å². The maximum Gasteiger partial charge on any atom is 0.264 e. The van der Waals surface area contributed by atoms with Gasteiger partial charge in [0, 0.05) is 0 Å². The molecular weight excluding hydrogens is 411 g/mol. The smallest absolute Gasteiger partial charge is 0.264 e. The lowest BCUT2D eigenvalue weighted by Gasteiger charge is -2.26. The monoisotopic (exact) mass is 434 g/mol. The van der Waals surface area contributed by atoms with Crippen molar-refractivity contribution in [2.45, 2.75) is 38.0 Å². The Morgan fingerprint density at radius 1 is 1.19 bits per heavy atom. The third kappa shape index (κ3) is 3.94. The van der Waals surface area contributed by atoms with Crippen molar-refractivity contribution in [3.63, 3.8) is 0 Å². The normalized spacial score (nSPS) is 16.8. The van der Waals surface area contributed by atoms with Crippen molar-refractivity contribution in [3.8, 4) is 5.69 Å². The summed E-state index contributed by atoms with van der Waals surface area (Å²) >= 11 is 0. The fourth-order valence-corrected chi connectivity index (χ4v) is 4.24. The molecule has 1 aliphatic rings. The summed E-state index contributed by atoms with van der Waals surface area (Å²) in [6, 6.07) is 14.0. The highest BCUT2D eigenvalue weighted by atomic mass is 19.1.